The molecule has 0 spiro atoms. The molecule has 16 heavy (non-hydrogen) atoms. The third-order valence-corrected chi connectivity index (χ3v) is 4.07. The van der Waals surface area contributed by atoms with Gasteiger partial charge in [0.25, 0.3) is 0 Å². The molecule has 0 aromatic carbocycles. The molecule has 0 fully saturated rings. The second-order valence-corrected chi connectivity index (χ2v) is 5.81. The largest absolute Gasteiger partial charge is 0.395 e. The van der Waals surface area contributed by atoms with Crippen LogP contribution in [0, 0.1) is 0 Å². The predicted octanol–water partition coefficient (Wildman–Crippen LogP) is 0.734. The molecule has 0 saturated carbocycles. The van der Waals surface area contributed by atoms with Gasteiger partial charge in [0.15, 0.2) is 0 Å². The highest BCUT2D eigenvalue weighted by Crippen LogP contribution is 2.16. The van der Waals surface area contributed by atoms with E-state index < -0.39 is 5.54 Å². The highest BCUT2D eigenvalue weighted by atomic mass is 32.2. The zero-order valence-electron chi connectivity index (χ0n) is 10.5. The molecule has 0 aromatic heterocycles. The summed E-state index contributed by atoms with van der Waals surface area (Å²) in [6, 6.07) is 0. The van der Waals surface area contributed by atoms with E-state index in [1.807, 2.05) is 13.8 Å². The fourth-order valence-electron chi connectivity index (χ4n) is 1.29. The average Bonchev–Trinajstić information content (AvgIpc) is 2.27. The van der Waals surface area contributed by atoms with E-state index in [0.717, 1.165) is 25.0 Å². The molecule has 2 atom stereocenters. The number of carbonyl (C=O) groups is 1. The molecule has 96 valence electrons. The molecule has 0 aliphatic rings. The Balaban J connectivity index is 3.68. The van der Waals surface area contributed by atoms with E-state index in [9.17, 15) is 4.79 Å². The number of carbonyl (C=O) groups excluding carboxylic acids is 1. The van der Waals surface area contributed by atoms with Crippen LogP contribution in [0.1, 0.15) is 33.1 Å². The maximum Gasteiger partial charge on any atom is 0.237 e. The van der Waals surface area contributed by atoms with Crippen molar-refractivity contribution in [2.45, 2.75) is 43.9 Å². The highest BCUT2D eigenvalue weighted by Gasteiger charge is 2.27. The average molecular weight is 248 g/mol. The topological polar surface area (TPSA) is 75.3 Å². The Morgan fingerprint density at radius 3 is 2.62 bits per heavy atom. The number of aliphatic hydroxyl groups excluding tert-OH is 1. The van der Waals surface area contributed by atoms with Gasteiger partial charge in [0, 0.05) is 5.25 Å². The normalized spacial score (nSPS) is 16.8. The van der Waals surface area contributed by atoms with Gasteiger partial charge < -0.3 is 16.2 Å². The van der Waals surface area contributed by atoms with Crippen LogP contribution in [0.4, 0.5) is 0 Å². The molecule has 4 N–H and O–H groups in total. The number of primary amides is 1. The van der Waals surface area contributed by atoms with Crippen LogP contribution in [0.5, 0.6) is 0 Å². The fourth-order valence-corrected chi connectivity index (χ4v) is 2.17. The first-order valence-electron chi connectivity index (χ1n) is 5.67. The maximum absolute atomic E-state index is 11.2. The lowest BCUT2D eigenvalue weighted by atomic mass is 9.94. The van der Waals surface area contributed by atoms with E-state index in [1.165, 1.54) is 0 Å². The van der Waals surface area contributed by atoms with Crippen LogP contribution in [0.25, 0.3) is 0 Å². The lowest BCUT2D eigenvalue weighted by Gasteiger charge is -2.25. The first-order valence-corrected chi connectivity index (χ1v) is 6.72. The van der Waals surface area contributed by atoms with Crippen molar-refractivity contribution in [3.8, 4) is 0 Å². The van der Waals surface area contributed by atoms with E-state index in [-0.39, 0.29) is 12.5 Å². The number of hydrogen-bond donors (Lipinski definition) is 3. The number of rotatable bonds is 9. The summed E-state index contributed by atoms with van der Waals surface area (Å²) >= 11 is 1.76. The van der Waals surface area contributed by atoms with Gasteiger partial charge in [-0.05, 0) is 32.6 Å². The number of nitrogens with two attached hydrogens (primary N) is 1. The van der Waals surface area contributed by atoms with Crippen LogP contribution in [0.15, 0.2) is 0 Å². The smallest absolute Gasteiger partial charge is 0.237 e. The Hall–Kier alpha value is -0.260. The first-order chi connectivity index (χ1) is 7.46. The molecule has 2 unspecified atom stereocenters. The second kappa shape index (κ2) is 7.92. The van der Waals surface area contributed by atoms with Crippen molar-refractivity contribution in [1.29, 1.82) is 0 Å². The van der Waals surface area contributed by atoms with Crippen molar-refractivity contribution < 1.29 is 9.90 Å². The molecular formula is C11H24N2O2S. The molecule has 5 heteroatoms. The molecular weight excluding hydrogens is 224 g/mol. The van der Waals surface area contributed by atoms with Gasteiger partial charge in [-0.3, -0.25) is 4.79 Å². The second-order valence-electron chi connectivity index (χ2n) is 4.27. The Kier molecular flexibility index (Phi) is 7.80. The summed E-state index contributed by atoms with van der Waals surface area (Å²) in [6.45, 7) is 4.06. The van der Waals surface area contributed by atoms with Crippen LogP contribution in [-0.4, -0.2) is 41.2 Å². The molecule has 0 aliphatic heterocycles. The molecule has 0 rings (SSSR count). The van der Waals surface area contributed by atoms with Gasteiger partial charge in [-0.25, -0.2) is 0 Å². The van der Waals surface area contributed by atoms with Crippen molar-refractivity contribution in [3.05, 3.63) is 0 Å². The number of thioether (sulfide) groups is 1. The van der Waals surface area contributed by atoms with E-state index in [4.69, 9.17) is 10.8 Å². The lowest BCUT2D eigenvalue weighted by Crippen LogP contribution is -2.51. The maximum atomic E-state index is 11.2. The van der Waals surface area contributed by atoms with Gasteiger partial charge in [0.05, 0.1) is 12.1 Å². The molecule has 4 nitrogen and oxygen atoms in total. The number of amides is 1. The summed E-state index contributed by atoms with van der Waals surface area (Å²) in [4.78, 5) is 11.2. The minimum absolute atomic E-state index is 0.222. The van der Waals surface area contributed by atoms with Gasteiger partial charge in [-0.1, -0.05) is 13.3 Å². The van der Waals surface area contributed by atoms with Crippen LogP contribution in [0.3, 0.4) is 0 Å². The fraction of sp³-hybridized carbons (Fsp3) is 0.909. The predicted molar refractivity (Wildman–Crippen MR) is 69.5 cm³/mol. The zero-order chi connectivity index (χ0) is 12.6. The Bertz CT molecular complexity index is 214. The standard InChI is InChI=1S/C11H24N2O2S/c1-9(8-14)16-7-5-4-6-11(2,13-3)10(12)15/h9,13-14H,4-8H2,1-3H3,(H2,12,15). The van der Waals surface area contributed by atoms with Crippen LogP contribution in [-0.2, 0) is 4.79 Å². The summed E-state index contributed by atoms with van der Waals surface area (Å²) in [5.74, 6) is 0.715. The van der Waals surface area contributed by atoms with Gasteiger partial charge in [-0.2, -0.15) is 11.8 Å². The summed E-state index contributed by atoms with van der Waals surface area (Å²) in [5.41, 5.74) is 4.74. The van der Waals surface area contributed by atoms with E-state index >= 15 is 0 Å². The zero-order valence-corrected chi connectivity index (χ0v) is 11.3. The van der Waals surface area contributed by atoms with E-state index in [2.05, 4.69) is 5.32 Å². The summed E-state index contributed by atoms with van der Waals surface area (Å²) in [7, 11) is 1.76. The van der Waals surface area contributed by atoms with Crippen molar-refractivity contribution in [3.63, 3.8) is 0 Å². The molecule has 0 heterocycles. The number of nitrogens with one attached hydrogen (secondary N) is 1. The van der Waals surface area contributed by atoms with Crippen molar-refractivity contribution in [2.75, 3.05) is 19.4 Å². The van der Waals surface area contributed by atoms with Gasteiger partial charge in [0.2, 0.25) is 5.91 Å². The summed E-state index contributed by atoms with van der Waals surface area (Å²) in [5, 5.41) is 12.1. The van der Waals surface area contributed by atoms with Gasteiger partial charge >= 0.3 is 0 Å². The Labute approximate surface area is 102 Å². The quantitative estimate of drug-likeness (QED) is 0.526. The molecule has 0 aromatic rings. The van der Waals surface area contributed by atoms with Crippen molar-refractivity contribution in [1.82, 2.24) is 5.32 Å². The van der Waals surface area contributed by atoms with E-state index in [1.54, 1.807) is 18.8 Å². The van der Waals surface area contributed by atoms with Crippen LogP contribution in [0.2, 0.25) is 0 Å². The number of unbranched alkanes of at least 4 members (excludes halogenated alkanes) is 1. The summed E-state index contributed by atoms with van der Waals surface area (Å²) < 4.78 is 0. The third-order valence-electron chi connectivity index (χ3n) is 2.83. The van der Waals surface area contributed by atoms with Crippen molar-refractivity contribution >= 4 is 17.7 Å². The minimum atomic E-state index is -0.590. The van der Waals surface area contributed by atoms with Gasteiger partial charge in [-0.15, -0.1) is 0 Å². The minimum Gasteiger partial charge on any atom is -0.395 e. The summed E-state index contributed by atoms with van der Waals surface area (Å²) in [6.07, 6.45) is 2.76. The molecule has 0 saturated heterocycles. The van der Waals surface area contributed by atoms with Crippen LogP contribution < -0.4 is 11.1 Å². The molecule has 0 aliphatic carbocycles. The van der Waals surface area contributed by atoms with Crippen LogP contribution >= 0.6 is 11.8 Å². The Morgan fingerprint density at radius 2 is 2.19 bits per heavy atom. The van der Waals surface area contributed by atoms with Gasteiger partial charge in [0.1, 0.15) is 0 Å². The Morgan fingerprint density at radius 1 is 1.56 bits per heavy atom. The monoisotopic (exact) mass is 248 g/mol. The SMILES string of the molecule is CNC(C)(CCCCSC(C)CO)C(N)=O. The molecule has 1 amide bonds. The van der Waals surface area contributed by atoms with Crippen molar-refractivity contribution in [2.24, 2.45) is 5.73 Å². The lowest BCUT2D eigenvalue weighted by molar-refractivity contribution is -0.123. The molecule has 0 radical (unpaired) electrons. The number of aliphatic hydroxyl groups is 1. The highest BCUT2D eigenvalue weighted by molar-refractivity contribution is 7.99. The third kappa shape index (κ3) is 5.72. The number of hydrogen-bond acceptors (Lipinski definition) is 4. The molecule has 0 bridgehead atoms. The van der Waals surface area contributed by atoms with E-state index in [0.29, 0.717) is 5.25 Å². The first kappa shape index (κ1) is 15.7. The number of likely N-dealkylation sites (N-methyl/N-ethyl adjacent to an activating group) is 1.